The fourth-order valence-corrected chi connectivity index (χ4v) is 3.61. The Hall–Kier alpha value is -1.63. The van der Waals surface area contributed by atoms with E-state index in [1.54, 1.807) is 0 Å². The van der Waals surface area contributed by atoms with E-state index < -0.39 is 0 Å². The Morgan fingerprint density at radius 3 is 3.00 bits per heavy atom. The van der Waals surface area contributed by atoms with Gasteiger partial charge in [-0.2, -0.15) is 0 Å². The number of ether oxygens (including phenoxy) is 1. The average molecular weight is 346 g/mol. The van der Waals surface area contributed by atoms with Crippen molar-refractivity contribution in [2.24, 2.45) is 0 Å². The van der Waals surface area contributed by atoms with E-state index in [-0.39, 0.29) is 12.1 Å². The van der Waals surface area contributed by atoms with Gasteiger partial charge in [-0.25, -0.2) is 4.79 Å². The van der Waals surface area contributed by atoms with Gasteiger partial charge < -0.3 is 20.3 Å². The van der Waals surface area contributed by atoms with Crippen LogP contribution in [0.1, 0.15) is 18.4 Å². The number of carbonyl (C=O) groups excluding carboxylic acids is 1. The number of hydrogen-bond donors (Lipinski definition) is 2. The molecule has 2 fully saturated rings. The molecule has 6 nitrogen and oxygen atoms in total. The molecule has 0 aliphatic carbocycles. The number of nitrogens with zero attached hydrogens (tertiary/aromatic N) is 2. The number of benzene rings is 1. The van der Waals surface area contributed by atoms with Crippen LogP contribution in [0.15, 0.2) is 30.3 Å². The Labute approximate surface area is 150 Å². The van der Waals surface area contributed by atoms with Crippen molar-refractivity contribution in [3.8, 4) is 0 Å². The summed E-state index contributed by atoms with van der Waals surface area (Å²) in [5, 5.41) is 5.86. The van der Waals surface area contributed by atoms with E-state index in [1.165, 1.54) is 24.9 Å². The number of likely N-dealkylation sites (N-methyl/N-ethyl adjacent to an activating group) is 1. The Kier molecular flexibility index (Phi) is 6.67. The standard InChI is InChI=1S/C19H30N4O2/c1-22(13-16-6-3-2-4-7-16)11-9-20-19(24)21-12-18-14-23-10-5-8-17(23)15-25-18/h2-4,6-7,17-18H,5,8-15H2,1H3,(H2,20,21,24)/t17-,18+/m0/s1. The quantitative estimate of drug-likeness (QED) is 0.781. The Bertz CT molecular complexity index is 539. The lowest BCUT2D eigenvalue weighted by Gasteiger charge is -2.35. The van der Waals surface area contributed by atoms with E-state index >= 15 is 0 Å². The van der Waals surface area contributed by atoms with Crippen molar-refractivity contribution in [1.82, 2.24) is 20.4 Å². The minimum atomic E-state index is -0.111. The number of carbonyl (C=O) groups is 1. The highest BCUT2D eigenvalue weighted by atomic mass is 16.5. The first-order valence-electron chi connectivity index (χ1n) is 9.30. The molecule has 0 aromatic heterocycles. The van der Waals surface area contributed by atoms with E-state index in [1.807, 2.05) is 18.2 Å². The Morgan fingerprint density at radius 1 is 1.32 bits per heavy atom. The first-order chi connectivity index (χ1) is 12.2. The van der Waals surface area contributed by atoms with Gasteiger partial charge in [0.25, 0.3) is 0 Å². The molecule has 25 heavy (non-hydrogen) atoms. The van der Waals surface area contributed by atoms with E-state index in [4.69, 9.17) is 4.74 Å². The number of fused-ring (bicyclic) bond motifs is 1. The summed E-state index contributed by atoms with van der Waals surface area (Å²) < 4.78 is 5.86. The molecule has 2 N–H and O–H groups in total. The van der Waals surface area contributed by atoms with Gasteiger partial charge in [-0.05, 0) is 32.0 Å². The average Bonchev–Trinajstić information content (AvgIpc) is 3.08. The SMILES string of the molecule is CN(CCNC(=O)NC[C@@H]1CN2CCC[C@H]2CO1)Cc1ccccc1. The van der Waals surface area contributed by atoms with Crippen LogP contribution in [0.2, 0.25) is 0 Å². The monoisotopic (exact) mass is 346 g/mol. The number of nitrogens with one attached hydrogen (secondary N) is 2. The Morgan fingerprint density at radius 2 is 2.16 bits per heavy atom. The highest BCUT2D eigenvalue weighted by Gasteiger charge is 2.32. The van der Waals surface area contributed by atoms with Crippen LogP contribution in [0.3, 0.4) is 0 Å². The number of rotatable bonds is 7. The fourth-order valence-electron chi connectivity index (χ4n) is 3.61. The molecule has 2 atom stereocenters. The molecule has 2 amide bonds. The lowest BCUT2D eigenvalue weighted by atomic mass is 10.2. The van der Waals surface area contributed by atoms with Crippen LogP contribution in [0.25, 0.3) is 0 Å². The summed E-state index contributed by atoms with van der Waals surface area (Å²) in [6, 6.07) is 10.8. The van der Waals surface area contributed by atoms with Crippen LogP contribution < -0.4 is 10.6 Å². The van der Waals surface area contributed by atoms with Crippen LogP contribution in [0, 0.1) is 0 Å². The highest BCUT2D eigenvalue weighted by Crippen LogP contribution is 2.22. The van der Waals surface area contributed by atoms with E-state index in [2.05, 4.69) is 39.6 Å². The zero-order valence-electron chi connectivity index (χ0n) is 15.1. The van der Waals surface area contributed by atoms with Gasteiger partial charge in [0.15, 0.2) is 0 Å². The molecular weight excluding hydrogens is 316 g/mol. The maximum atomic E-state index is 11.9. The van der Waals surface area contributed by atoms with E-state index in [9.17, 15) is 4.79 Å². The number of morpholine rings is 1. The summed E-state index contributed by atoms with van der Waals surface area (Å²) in [5.41, 5.74) is 1.28. The van der Waals surface area contributed by atoms with Gasteiger partial charge in [0.2, 0.25) is 0 Å². The van der Waals surface area contributed by atoms with Crippen LogP contribution in [-0.2, 0) is 11.3 Å². The molecule has 2 heterocycles. The van der Waals surface area contributed by atoms with E-state index in [0.29, 0.717) is 19.1 Å². The largest absolute Gasteiger partial charge is 0.373 e. The Balaban J connectivity index is 1.27. The molecule has 138 valence electrons. The number of hydrogen-bond acceptors (Lipinski definition) is 4. The molecular formula is C19H30N4O2. The molecule has 3 rings (SSSR count). The maximum absolute atomic E-state index is 11.9. The summed E-state index contributed by atoms with van der Waals surface area (Å²) in [7, 11) is 2.06. The molecule has 2 saturated heterocycles. The third-order valence-electron chi connectivity index (χ3n) is 5.03. The number of urea groups is 1. The lowest BCUT2D eigenvalue weighted by Crippen LogP contribution is -2.51. The molecule has 2 aliphatic rings. The predicted molar refractivity (Wildman–Crippen MR) is 98.5 cm³/mol. The highest BCUT2D eigenvalue weighted by molar-refractivity contribution is 5.73. The summed E-state index contributed by atoms with van der Waals surface area (Å²) in [4.78, 5) is 16.6. The summed E-state index contributed by atoms with van der Waals surface area (Å²) in [6.45, 7) is 5.83. The number of amides is 2. The molecule has 0 bridgehead atoms. The van der Waals surface area contributed by atoms with Crippen molar-refractivity contribution in [2.45, 2.75) is 31.5 Å². The summed E-state index contributed by atoms with van der Waals surface area (Å²) >= 11 is 0. The third-order valence-corrected chi connectivity index (χ3v) is 5.03. The minimum Gasteiger partial charge on any atom is -0.373 e. The molecule has 1 aromatic carbocycles. The maximum Gasteiger partial charge on any atom is 0.314 e. The van der Waals surface area contributed by atoms with Crippen LogP contribution in [0.4, 0.5) is 4.79 Å². The van der Waals surface area contributed by atoms with Crippen molar-refractivity contribution in [3.63, 3.8) is 0 Å². The second-order valence-electron chi connectivity index (χ2n) is 7.11. The van der Waals surface area contributed by atoms with Gasteiger partial charge in [-0.3, -0.25) is 4.90 Å². The molecule has 0 radical (unpaired) electrons. The van der Waals surface area contributed by atoms with Crippen LogP contribution in [-0.4, -0.2) is 74.4 Å². The molecule has 0 saturated carbocycles. The second-order valence-corrected chi connectivity index (χ2v) is 7.11. The third kappa shape index (κ3) is 5.70. The molecule has 2 aliphatic heterocycles. The van der Waals surface area contributed by atoms with Crippen LogP contribution in [0.5, 0.6) is 0 Å². The van der Waals surface area contributed by atoms with E-state index in [0.717, 1.165) is 26.2 Å². The van der Waals surface area contributed by atoms with Gasteiger partial charge in [-0.1, -0.05) is 30.3 Å². The van der Waals surface area contributed by atoms with Gasteiger partial charge in [0.1, 0.15) is 0 Å². The zero-order chi connectivity index (χ0) is 17.5. The smallest absolute Gasteiger partial charge is 0.314 e. The minimum absolute atomic E-state index is 0.111. The topological polar surface area (TPSA) is 56.8 Å². The van der Waals surface area contributed by atoms with Gasteiger partial charge in [0.05, 0.1) is 12.7 Å². The normalized spacial score (nSPS) is 23.4. The first-order valence-corrected chi connectivity index (χ1v) is 9.30. The lowest BCUT2D eigenvalue weighted by molar-refractivity contribution is -0.0457. The van der Waals surface area contributed by atoms with Gasteiger partial charge >= 0.3 is 6.03 Å². The van der Waals surface area contributed by atoms with Gasteiger partial charge in [-0.15, -0.1) is 0 Å². The molecule has 1 aromatic rings. The summed E-state index contributed by atoms with van der Waals surface area (Å²) in [5.74, 6) is 0. The zero-order valence-corrected chi connectivity index (χ0v) is 15.1. The fraction of sp³-hybridized carbons (Fsp3) is 0.632. The van der Waals surface area contributed by atoms with Crippen LogP contribution >= 0.6 is 0 Å². The molecule has 0 unspecified atom stereocenters. The van der Waals surface area contributed by atoms with Gasteiger partial charge in [0, 0.05) is 38.8 Å². The van der Waals surface area contributed by atoms with Crippen molar-refractivity contribution in [3.05, 3.63) is 35.9 Å². The van der Waals surface area contributed by atoms with Crippen molar-refractivity contribution < 1.29 is 9.53 Å². The van der Waals surface area contributed by atoms with Crippen molar-refractivity contribution in [2.75, 3.05) is 46.4 Å². The predicted octanol–water partition coefficient (Wildman–Crippen LogP) is 1.28. The first kappa shape index (κ1) is 18.2. The molecule has 0 spiro atoms. The van der Waals surface area contributed by atoms with Crippen molar-refractivity contribution in [1.29, 1.82) is 0 Å². The second kappa shape index (κ2) is 9.17. The molecule has 6 heteroatoms. The summed E-state index contributed by atoms with van der Waals surface area (Å²) in [6.07, 6.45) is 2.63. The van der Waals surface area contributed by atoms with Crippen molar-refractivity contribution >= 4 is 6.03 Å².